The number of carbonyl (C=O) groups is 1. The van der Waals surface area contributed by atoms with Crippen molar-refractivity contribution < 1.29 is 13.7 Å². The number of esters is 1. The number of ether oxygens (including phenoxy) is 1. The van der Waals surface area contributed by atoms with Gasteiger partial charge in [0.05, 0.1) is 22.3 Å². The molecule has 0 spiro atoms. The van der Waals surface area contributed by atoms with Crippen LogP contribution in [0.5, 0.6) is 0 Å². The monoisotopic (exact) mass is 221 g/mol. The Morgan fingerprint density at radius 3 is 2.36 bits per heavy atom. The second kappa shape index (κ2) is 5.46. The Morgan fingerprint density at radius 1 is 1.50 bits per heavy atom. The van der Waals surface area contributed by atoms with Crippen LogP contribution < -0.4 is 4.72 Å². The molecule has 0 rings (SSSR count). The Kier molecular flexibility index (Phi) is 5.29. The molecule has 0 saturated heterocycles. The first kappa shape index (κ1) is 13.6. The summed E-state index contributed by atoms with van der Waals surface area (Å²) in [6, 6.07) is -0.532. The minimum absolute atomic E-state index is 0.340. The highest BCUT2D eigenvalue weighted by molar-refractivity contribution is 7.84. The van der Waals surface area contributed by atoms with E-state index in [1.165, 1.54) is 0 Å². The lowest BCUT2D eigenvalue weighted by molar-refractivity contribution is -0.144. The number of rotatable bonds is 4. The highest BCUT2D eigenvalue weighted by atomic mass is 32.2. The molecule has 5 heteroatoms. The zero-order valence-electron chi connectivity index (χ0n) is 9.42. The summed E-state index contributed by atoms with van der Waals surface area (Å²) >= 11 is 0. The summed E-state index contributed by atoms with van der Waals surface area (Å²) in [6.45, 7) is 9.25. The molecular weight excluding hydrogens is 202 g/mol. The van der Waals surface area contributed by atoms with Gasteiger partial charge in [0, 0.05) is 0 Å². The van der Waals surface area contributed by atoms with Gasteiger partial charge < -0.3 is 4.74 Å². The smallest absolute Gasteiger partial charge is 0.323 e. The molecule has 0 heterocycles. The minimum Gasteiger partial charge on any atom is -0.465 e. The van der Waals surface area contributed by atoms with E-state index < -0.39 is 17.0 Å². The van der Waals surface area contributed by atoms with Gasteiger partial charge >= 0.3 is 5.97 Å². The van der Waals surface area contributed by atoms with E-state index in [-0.39, 0.29) is 10.7 Å². The molecule has 0 amide bonds. The molecule has 1 unspecified atom stereocenters. The van der Waals surface area contributed by atoms with Gasteiger partial charge in [0.15, 0.2) is 0 Å². The molecule has 0 aromatic rings. The van der Waals surface area contributed by atoms with E-state index in [0.717, 1.165) is 0 Å². The Labute approximate surface area is 88.0 Å². The summed E-state index contributed by atoms with van der Waals surface area (Å²) in [6.07, 6.45) is 0. The fraction of sp³-hybridized carbons (Fsp3) is 0.889. The first-order valence-corrected chi connectivity index (χ1v) is 5.78. The highest BCUT2D eigenvalue weighted by Crippen LogP contribution is 2.09. The van der Waals surface area contributed by atoms with Crippen molar-refractivity contribution in [2.45, 2.75) is 45.4 Å². The van der Waals surface area contributed by atoms with Gasteiger partial charge in [0.2, 0.25) is 0 Å². The lowest BCUT2D eigenvalue weighted by Gasteiger charge is -2.20. The Bertz CT molecular complexity index is 223. The molecule has 0 fully saturated rings. The minimum atomic E-state index is -1.24. The summed E-state index contributed by atoms with van der Waals surface area (Å²) in [5, 5.41) is 0. The Hall–Kier alpha value is -0.420. The van der Waals surface area contributed by atoms with E-state index in [9.17, 15) is 9.00 Å². The van der Waals surface area contributed by atoms with Crippen LogP contribution in [0.25, 0.3) is 0 Å². The van der Waals surface area contributed by atoms with Gasteiger partial charge in [-0.2, -0.15) is 0 Å². The molecular formula is C9H19NO3S. The van der Waals surface area contributed by atoms with Crippen molar-refractivity contribution in [3.05, 3.63) is 0 Å². The number of hydrogen-bond donors (Lipinski definition) is 1. The van der Waals surface area contributed by atoms with Gasteiger partial charge in [-0.25, -0.2) is 8.93 Å². The van der Waals surface area contributed by atoms with Crippen LogP contribution in [0.2, 0.25) is 0 Å². The average molecular weight is 221 g/mol. The second-order valence-electron chi connectivity index (χ2n) is 3.97. The Balaban J connectivity index is 4.13. The molecule has 1 N–H and O–H groups in total. The van der Waals surface area contributed by atoms with E-state index in [4.69, 9.17) is 4.74 Å². The van der Waals surface area contributed by atoms with E-state index in [1.807, 2.05) is 20.8 Å². The maximum atomic E-state index is 11.6. The molecule has 14 heavy (non-hydrogen) atoms. The number of carbonyl (C=O) groups excluding carboxylic acids is 1. The first-order chi connectivity index (χ1) is 6.29. The predicted molar refractivity (Wildman–Crippen MR) is 57.1 cm³/mol. The Morgan fingerprint density at radius 2 is 2.00 bits per heavy atom. The zero-order chi connectivity index (χ0) is 11.4. The standard InChI is InChI=1S/C9H19NO3S/c1-6-13-8(11)7(2)10-14(12)9(3,4)5/h7,10H,6H2,1-5H3/t7?,14-/m1/s1. The maximum absolute atomic E-state index is 11.6. The average Bonchev–Trinajstić information content (AvgIpc) is 2.02. The van der Waals surface area contributed by atoms with Crippen LogP contribution in [-0.2, 0) is 20.5 Å². The molecule has 84 valence electrons. The molecule has 0 aliphatic rings. The van der Waals surface area contributed by atoms with Crippen molar-refractivity contribution in [3.63, 3.8) is 0 Å². The van der Waals surface area contributed by atoms with Crippen molar-refractivity contribution in [3.8, 4) is 0 Å². The van der Waals surface area contributed by atoms with E-state index in [1.54, 1.807) is 13.8 Å². The number of hydrogen-bond acceptors (Lipinski definition) is 3. The van der Waals surface area contributed by atoms with Gasteiger partial charge in [-0.1, -0.05) is 0 Å². The van der Waals surface area contributed by atoms with Crippen molar-refractivity contribution in [1.82, 2.24) is 4.72 Å². The lowest BCUT2D eigenvalue weighted by Crippen LogP contribution is -2.42. The van der Waals surface area contributed by atoms with Gasteiger partial charge in [-0.05, 0) is 34.6 Å². The van der Waals surface area contributed by atoms with Gasteiger partial charge in [-0.15, -0.1) is 0 Å². The maximum Gasteiger partial charge on any atom is 0.323 e. The van der Waals surface area contributed by atoms with Crippen LogP contribution in [0.15, 0.2) is 0 Å². The summed E-state index contributed by atoms with van der Waals surface area (Å²) in [7, 11) is -1.24. The summed E-state index contributed by atoms with van der Waals surface area (Å²) in [4.78, 5) is 11.2. The van der Waals surface area contributed by atoms with E-state index in [2.05, 4.69) is 4.72 Å². The molecule has 0 radical (unpaired) electrons. The molecule has 4 nitrogen and oxygen atoms in total. The van der Waals surface area contributed by atoms with E-state index in [0.29, 0.717) is 6.61 Å². The summed E-state index contributed by atoms with van der Waals surface area (Å²) in [5.74, 6) is -0.370. The molecule has 0 bridgehead atoms. The van der Waals surface area contributed by atoms with Crippen LogP contribution in [0.1, 0.15) is 34.6 Å². The molecule has 0 aliphatic carbocycles. The van der Waals surface area contributed by atoms with Crippen LogP contribution in [-0.4, -0.2) is 27.6 Å². The quantitative estimate of drug-likeness (QED) is 0.720. The fourth-order valence-electron chi connectivity index (χ4n) is 0.653. The zero-order valence-corrected chi connectivity index (χ0v) is 10.2. The van der Waals surface area contributed by atoms with Gasteiger partial charge in [0.25, 0.3) is 0 Å². The first-order valence-electron chi connectivity index (χ1n) is 4.63. The van der Waals surface area contributed by atoms with Crippen molar-refractivity contribution in [2.75, 3.05) is 6.61 Å². The van der Waals surface area contributed by atoms with Crippen LogP contribution in [0.3, 0.4) is 0 Å². The normalized spacial score (nSPS) is 16.1. The third-order valence-electron chi connectivity index (χ3n) is 1.48. The molecule has 0 aliphatic heterocycles. The molecule has 2 atom stereocenters. The SMILES string of the molecule is CCOC(=O)C(C)N[S@](=O)C(C)(C)C. The van der Waals surface area contributed by atoms with Gasteiger partial charge in [0.1, 0.15) is 6.04 Å². The largest absolute Gasteiger partial charge is 0.465 e. The summed E-state index contributed by atoms with van der Waals surface area (Å²) in [5.41, 5.74) is 0. The molecule has 0 aromatic carbocycles. The third-order valence-corrected chi connectivity index (χ3v) is 3.16. The molecule has 0 aromatic heterocycles. The van der Waals surface area contributed by atoms with Gasteiger partial charge in [-0.3, -0.25) is 4.79 Å². The van der Waals surface area contributed by atoms with Crippen LogP contribution in [0, 0.1) is 0 Å². The molecule has 0 saturated carbocycles. The fourth-order valence-corrected chi connectivity index (χ4v) is 1.42. The highest BCUT2D eigenvalue weighted by Gasteiger charge is 2.24. The van der Waals surface area contributed by atoms with E-state index >= 15 is 0 Å². The van der Waals surface area contributed by atoms with Crippen LogP contribution in [0.4, 0.5) is 0 Å². The van der Waals surface area contributed by atoms with Crippen molar-refractivity contribution in [1.29, 1.82) is 0 Å². The predicted octanol–water partition coefficient (Wildman–Crippen LogP) is 0.990. The van der Waals surface area contributed by atoms with Crippen molar-refractivity contribution in [2.24, 2.45) is 0 Å². The summed E-state index contributed by atoms with van der Waals surface area (Å²) < 4.78 is 18.7. The third kappa shape index (κ3) is 4.72. The topological polar surface area (TPSA) is 55.4 Å². The van der Waals surface area contributed by atoms with Crippen molar-refractivity contribution >= 4 is 17.0 Å². The van der Waals surface area contributed by atoms with Crippen LogP contribution >= 0.6 is 0 Å². The second-order valence-corrected chi connectivity index (χ2v) is 5.97. The lowest BCUT2D eigenvalue weighted by atomic mass is 10.3. The number of nitrogens with one attached hydrogen (secondary N) is 1.